The van der Waals surface area contributed by atoms with E-state index in [1.165, 1.54) is 0 Å². The number of rotatable bonds is 1. The van der Waals surface area contributed by atoms with Gasteiger partial charge in [0.05, 0.1) is 12.2 Å². The number of anilines is 1. The summed E-state index contributed by atoms with van der Waals surface area (Å²) in [5, 5.41) is 3.64. The zero-order valence-electron chi connectivity index (χ0n) is 12.6. The van der Waals surface area contributed by atoms with Gasteiger partial charge in [0.2, 0.25) is 0 Å². The highest BCUT2D eigenvalue weighted by Crippen LogP contribution is 2.30. The summed E-state index contributed by atoms with van der Waals surface area (Å²) in [4.78, 5) is 4.67. The maximum atomic E-state index is 13.9. The number of hydrazine groups is 1. The van der Waals surface area contributed by atoms with Crippen molar-refractivity contribution in [2.24, 2.45) is 0 Å². The lowest BCUT2D eigenvalue weighted by molar-refractivity contribution is -0.00832. The van der Waals surface area contributed by atoms with Crippen LogP contribution in [-0.4, -0.2) is 37.7 Å². The molecule has 1 aliphatic rings. The summed E-state index contributed by atoms with van der Waals surface area (Å²) < 4.78 is 19.5. The van der Waals surface area contributed by atoms with Crippen molar-refractivity contribution in [2.75, 3.05) is 32.8 Å². The van der Waals surface area contributed by atoms with E-state index in [-0.39, 0.29) is 12.4 Å². The molecule has 2 bridgehead atoms. The van der Waals surface area contributed by atoms with Crippen molar-refractivity contribution in [3.05, 3.63) is 35.8 Å². The summed E-state index contributed by atoms with van der Waals surface area (Å²) in [6.07, 6.45) is 2.95. The number of nitrogens with zero attached hydrogens (tertiary/aromatic N) is 3. The molecule has 0 saturated heterocycles. The van der Waals surface area contributed by atoms with Gasteiger partial charge in [0.15, 0.2) is 0 Å². The summed E-state index contributed by atoms with van der Waals surface area (Å²) in [6.45, 7) is 2.23. The van der Waals surface area contributed by atoms with Crippen molar-refractivity contribution in [1.82, 2.24) is 9.99 Å². The monoisotopic (exact) mass is 279 g/mol. The van der Waals surface area contributed by atoms with Crippen LogP contribution in [0.5, 0.6) is 0 Å². The molecule has 4 nitrogen and oxygen atoms in total. The predicted octanol–water partition coefficient (Wildman–Crippen LogP) is 2.87. The van der Waals surface area contributed by atoms with Crippen LogP contribution in [0, 0.1) is 0 Å². The van der Waals surface area contributed by atoms with Gasteiger partial charge in [-0.25, -0.2) is 14.4 Å². The lowest BCUT2D eigenvalue weighted by Gasteiger charge is -2.30. The Morgan fingerprint density at radius 1 is 1.35 bits per heavy atom. The van der Waals surface area contributed by atoms with Crippen molar-refractivity contribution in [3.63, 3.8) is 0 Å². The highest BCUT2D eigenvalue weighted by Gasteiger charge is 2.28. The molecule has 1 unspecified atom stereocenters. The normalized spacial score (nSPS) is 27.6. The standard InChI is InChI=1S/C15H22FN3O/c1-15(20-4)10-6-7-12(16)11-18(2)19(3)14-9-5-8-13(15)17-14/h5,7-9H,6,10-11H2,1-4H3/b12-7+. The summed E-state index contributed by atoms with van der Waals surface area (Å²) in [7, 11) is 5.39. The molecule has 1 aromatic rings. The molecule has 0 aromatic carbocycles. The first-order valence-electron chi connectivity index (χ1n) is 6.78. The van der Waals surface area contributed by atoms with Crippen LogP contribution in [-0.2, 0) is 10.3 Å². The van der Waals surface area contributed by atoms with Crippen molar-refractivity contribution in [2.45, 2.75) is 25.4 Å². The minimum atomic E-state index is -0.503. The van der Waals surface area contributed by atoms with Gasteiger partial charge in [0, 0.05) is 21.2 Å². The first-order valence-corrected chi connectivity index (χ1v) is 6.78. The number of allylic oxidation sites excluding steroid dienone is 1. The van der Waals surface area contributed by atoms with Gasteiger partial charge in [-0.1, -0.05) is 12.1 Å². The second kappa shape index (κ2) is 5.89. The minimum absolute atomic E-state index is 0.132. The molecule has 1 aromatic heterocycles. The van der Waals surface area contributed by atoms with Crippen LogP contribution in [0.15, 0.2) is 30.1 Å². The average Bonchev–Trinajstić information content (AvgIpc) is 2.46. The Kier molecular flexibility index (Phi) is 4.40. The molecular formula is C15H22FN3O. The number of aromatic nitrogens is 1. The molecular weight excluding hydrogens is 257 g/mol. The first kappa shape index (κ1) is 14.9. The summed E-state index contributed by atoms with van der Waals surface area (Å²) >= 11 is 0. The molecule has 0 spiro atoms. The molecule has 0 amide bonds. The van der Waals surface area contributed by atoms with Gasteiger partial charge in [0.25, 0.3) is 0 Å². The van der Waals surface area contributed by atoms with Crippen LogP contribution < -0.4 is 5.01 Å². The fourth-order valence-corrected chi connectivity index (χ4v) is 2.30. The topological polar surface area (TPSA) is 28.6 Å². The molecule has 1 atom stereocenters. The van der Waals surface area contributed by atoms with E-state index in [0.29, 0.717) is 12.8 Å². The van der Waals surface area contributed by atoms with E-state index in [1.54, 1.807) is 18.2 Å². The summed E-state index contributed by atoms with van der Waals surface area (Å²) in [5.41, 5.74) is 0.366. The third-order valence-electron chi connectivity index (χ3n) is 3.94. The zero-order valence-corrected chi connectivity index (χ0v) is 12.6. The number of hydrogen-bond acceptors (Lipinski definition) is 4. The summed E-state index contributed by atoms with van der Waals surface area (Å²) in [5.74, 6) is 0.649. The van der Waals surface area contributed by atoms with Crippen molar-refractivity contribution < 1.29 is 9.13 Å². The van der Waals surface area contributed by atoms with E-state index in [2.05, 4.69) is 4.98 Å². The molecule has 2 heterocycles. The molecule has 1 aliphatic heterocycles. The number of hydrogen-bond donors (Lipinski definition) is 0. The van der Waals surface area contributed by atoms with Gasteiger partial charge >= 0.3 is 0 Å². The Hall–Kier alpha value is -1.46. The number of halogens is 1. The van der Waals surface area contributed by atoms with Crippen LogP contribution >= 0.6 is 0 Å². The number of methoxy groups -OCH3 is 1. The Balaban J connectivity index is 2.46. The van der Waals surface area contributed by atoms with E-state index in [0.717, 1.165) is 11.5 Å². The molecule has 20 heavy (non-hydrogen) atoms. The van der Waals surface area contributed by atoms with Crippen LogP contribution in [0.3, 0.4) is 0 Å². The number of pyridine rings is 1. The van der Waals surface area contributed by atoms with Crippen molar-refractivity contribution in [1.29, 1.82) is 0 Å². The van der Waals surface area contributed by atoms with E-state index in [9.17, 15) is 4.39 Å². The summed E-state index contributed by atoms with van der Waals surface area (Å²) in [6, 6.07) is 5.83. The predicted molar refractivity (Wildman–Crippen MR) is 78.1 cm³/mol. The smallest absolute Gasteiger partial charge is 0.143 e. The van der Waals surface area contributed by atoms with Crippen LogP contribution in [0.25, 0.3) is 0 Å². The highest BCUT2D eigenvalue weighted by atomic mass is 19.1. The average molecular weight is 279 g/mol. The van der Waals surface area contributed by atoms with Gasteiger partial charge in [-0.3, -0.25) is 5.01 Å². The Morgan fingerprint density at radius 2 is 2.10 bits per heavy atom. The molecule has 0 saturated carbocycles. The molecule has 0 radical (unpaired) electrons. The highest BCUT2D eigenvalue weighted by molar-refractivity contribution is 5.38. The molecule has 0 N–H and O–H groups in total. The van der Waals surface area contributed by atoms with Gasteiger partial charge in [-0.15, -0.1) is 0 Å². The van der Waals surface area contributed by atoms with Crippen LogP contribution in [0.4, 0.5) is 10.2 Å². The number of ether oxygens (including phenoxy) is 1. The zero-order chi connectivity index (χ0) is 14.8. The molecule has 110 valence electrons. The van der Waals surface area contributed by atoms with E-state index >= 15 is 0 Å². The third-order valence-corrected chi connectivity index (χ3v) is 3.94. The molecule has 2 rings (SSSR count). The third kappa shape index (κ3) is 2.99. The Bertz CT molecular complexity index is 506. The van der Waals surface area contributed by atoms with E-state index in [1.807, 2.05) is 44.2 Å². The van der Waals surface area contributed by atoms with Crippen LogP contribution in [0.1, 0.15) is 25.5 Å². The Morgan fingerprint density at radius 3 is 2.80 bits per heavy atom. The largest absolute Gasteiger partial charge is 0.372 e. The lowest BCUT2D eigenvalue weighted by atomic mass is 9.95. The van der Waals surface area contributed by atoms with Gasteiger partial charge in [-0.2, -0.15) is 0 Å². The van der Waals surface area contributed by atoms with Gasteiger partial charge < -0.3 is 4.74 Å². The SMILES string of the molecule is COC1(C)CC/C=C(/F)CN(C)N(C)c2cccc1n2. The molecule has 0 aliphatic carbocycles. The maximum absolute atomic E-state index is 13.9. The molecule has 5 heteroatoms. The maximum Gasteiger partial charge on any atom is 0.143 e. The second-order valence-electron chi connectivity index (χ2n) is 5.35. The number of likely N-dealkylation sites (N-methyl/N-ethyl adjacent to an activating group) is 1. The molecule has 0 fully saturated rings. The van der Waals surface area contributed by atoms with E-state index < -0.39 is 5.60 Å². The fourth-order valence-electron chi connectivity index (χ4n) is 2.30. The first-order chi connectivity index (χ1) is 9.46. The second-order valence-corrected chi connectivity index (χ2v) is 5.35. The lowest BCUT2D eigenvalue weighted by Crippen LogP contribution is -2.38. The van der Waals surface area contributed by atoms with E-state index in [4.69, 9.17) is 4.74 Å². The fraction of sp³-hybridized carbons (Fsp3) is 0.533. The van der Waals surface area contributed by atoms with Crippen molar-refractivity contribution in [3.8, 4) is 0 Å². The van der Waals surface area contributed by atoms with Gasteiger partial charge in [-0.05, 0) is 31.9 Å². The number of fused-ring (bicyclic) bond motifs is 2. The van der Waals surface area contributed by atoms with Crippen LogP contribution in [0.2, 0.25) is 0 Å². The Labute approximate surface area is 119 Å². The minimum Gasteiger partial charge on any atom is -0.372 e. The quantitative estimate of drug-likeness (QED) is 0.790. The van der Waals surface area contributed by atoms with Crippen molar-refractivity contribution >= 4 is 5.82 Å². The van der Waals surface area contributed by atoms with Gasteiger partial charge in [0.1, 0.15) is 17.2 Å².